The number of amides is 2. The molecule has 0 fully saturated rings. The predicted molar refractivity (Wildman–Crippen MR) is 75.6 cm³/mol. The zero-order valence-electron chi connectivity index (χ0n) is 12.6. The van der Waals surface area contributed by atoms with Crippen LogP contribution >= 0.6 is 0 Å². The fourth-order valence-corrected chi connectivity index (χ4v) is 1.59. The number of carbonyl (C=O) groups excluding carboxylic acids is 1. The molecule has 0 aliphatic carbocycles. The first-order valence-electron chi connectivity index (χ1n) is 6.95. The minimum atomic E-state index is -0.117. The molecule has 0 rings (SSSR count). The SMILES string of the molecule is CCC(C)(CC)NC(=O)NCCCC(C)(C)CO. The van der Waals surface area contributed by atoms with Gasteiger partial charge in [-0.1, -0.05) is 27.7 Å². The second-order valence-electron chi connectivity index (χ2n) is 6.07. The van der Waals surface area contributed by atoms with Crippen LogP contribution in [0.2, 0.25) is 0 Å². The standard InChI is InChI=1S/C14H30N2O2/c1-6-14(5,7-2)16-12(18)15-10-8-9-13(3,4)11-17/h17H,6-11H2,1-5H3,(H2,15,16,18). The molecule has 0 atom stereocenters. The van der Waals surface area contributed by atoms with Crippen molar-refractivity contribution in [3.63, 3.8) is 0 Å². The third kappa shape index (κ3) is 6.84. The number of rotatable bonds is 8. The zero-order chi connectivity index (χ0) is 14.2. The van der Waals surface area contributed by atoms with Gasteiger partial charge < -0.3 is 15.7 Å². The van der Waals surface area contributed by atoms with Crippen molar-refractivity contribution < 1.29 is 9.90 Å². The average molecular weight is 258 g/mol. The Labute approximate surface area is 112 Å². The molecule has 0 bridgehead atoms. The van der Waals surface area contributed by atoms with Crippen molar-refractivity contribution in [1.29, 1.82) is 0 Å². The second-order valence-corrected chi connectivity index (χ2v) is 6.07. The van der Waals surface area contributed by atoms with Crippen LogP contribution in [0.4, 0.5) is 4.79 Å². The molecular weight excluding hydrogens is 228 g/mol. The third-order valence-electron chi connectivity index (χ3n) is 3.72. The molecule has 0 aliphatic heterocycles. The highest BCUT2D eigenvalue weighted by Gasteiger charge is 2.21. The minimum Gasteiger partial charge on any atom is -0.396 e. The number of aliphatic hydroxyl groups excluding tert-OH is 1. The molecule has 0 aromatic heterocycles. The summed E-state index contributed by atoms with van der Waals surface area (Å²) in [5, 5.41) is 15.0. The third-order valence-corrected chi connectivity index (χ3v) is 3.72. The van der Waals surface area contributed by atoms with E-state index in [0.717, 1.165) is 25.7 Å². The summed E-state index contributed by atoms with van der Waals surface area (Å²) in [6.45, 7) is 11.1. The molecule has 0 aromatic rings. The molecular formula is C14H30N2O2. The number of hydrogen-bond donors (Lipinski definition) is 3. The van der Waals surface area contributed by atoms with Gasteiger partial charge in [-0.15, -0.1) is 0 Å². The number of carbonyl (C=O) groups is 1. The highest BCUT2D eigenvalue weighted by atomic mass is 16.3. The van der Waals surface area contributed by atoms with Gasteiger partial charge in [-0.05, 0) is 38.0 Å². The predicted octanol–water partition coefficient (Wildman–Crippen LogP) is 2.66. The van der Waals surface area contributed by atoms with Crippen LogP contribution in [0.15, 0.2) is 0 Å². The normalized spacial score (nSPS) is 12.3. The van der Waals surface area contributed by atoms with E-state index in [1.807, 2.05) is 13.8 Å². The summed E-state index contributed by atoms with van der Waals surface area (Å²) in [6.07, 6.45) is 3.64. The smallest absolute Gasteiger partial charge is 0.315 e. The summed E-state index contributed by atoms with van der Waals surface area (Å²) in [5.41, 5.74) is -0.173. The maximum absolute atomic E-state index is 11.7. The maximum Gasteiger partial charge on any atom is 0.315 e. The van der Waals surface area contributed by atoms with Gasteiger partial charge in [0.1, 0.15) is 0 Å². The summed E-state index contributed by atoms with van der Waals surface area (Å²) in [5.74, 6) is 0. The van der Waals surface area contributed by atoms with Gasteiger partial charge in [-0.3, -0.25) is 0 Å². The molecule has 2 amide bonds. The van der Waals surface area contributed by atoms with Crippen LogP contribution in [0.3, 0.4) is 0 Å². The van der Waals surface area contributed by atoms with E-state index in [-0.39, 0.29) is 23.6 Å². The van der Waals surface area contributed by atoms with Gasteiger partial charge in [0, 0.05) is 18.7 Å². The second kappa shape index (κ2) is 7.62. The first-order valence-corrected chi connectivity index (χ1v) is 6.95. The summed E-state index contributed by atoms with van der Waals surface area (Å²) < 4.78 is 0. The molecule has 4 heteroatoms. The van der Waals surface area contributed by atoms with E-state index in [1.54, 1.807) is 0 Å². The molecule has 3 N–H and O–H groups in total. The number of urea groups is 1. The monoisotopic (exact) mass is 258 g/mol. The van der Waals surface area contributed by atoms with Crippen molar-refractivity contribution in [3.05, 3.63) is 0 Å². The first-order chi connectivity index (χ1) is 8.28. The van der Waals surface area contributed by atoms with E-state index in [0.29, 0.717) is 6.54 Å². The lowest BCUT2D eigenvalue weighted by atomic mass is 9.89. The molecule has 4 nitrogen and oxygen atoms in total. The zero-order valence-corrected chi connectivity index (χ0v) is 12.6. The van der Waals surface area contributed by atoms with E-state index in [2.05, 4.69) is 31.4 Å². The van der Waals surface area contributed by atoms with E-state index in [4.69, 9.17) is 5.11 Å². The highest BCUT2D eigenvalue weighted by molar-refractivity contribution is 5.74. The van der Waals surface area contributed by atoms with E-state index in [1.165, 1.54) is 0 Å². The van der Waals surface area contributed by atoms with Gasteiger partial charge >= 0.3 is 6.03 Å². The number of hydrogen-bond acceptors (Lipinski definition) is 2. The molecule has 0 unspecified atom stereocenters. The molecule has 0 spiro atoms. The van der Waals surface area contributed by atoms with Crippen molar-refractivity contribution in [2.24, 2.45) is 5.41 Å². The molecule has 18 heavy (non-hydrogen) atoms. The van der Waals surface area contributed by atoms with Gasteiger partial charge in [0.15, 0.2) is 0 Å². The molecule has 0 radical (unpaired) electrons. The Morgan fingerprint density at radius 3 is 2.17 bits per heavy atom. The lowest BCUT2D eigenvalue weighted by molar-refractivity contribution is 0.148. The van der Waals surface area contributed by atoms with Gasteiger partial charge in [0.2, 0.25) is 0 Å². The molecule has 0 aliphatic rings. The Kier molecular flexibility index (Phi) is 7.29. The van der Waals surface area contributed by atoms with Crippen molar-refractivity contribution in [3.8, 4) is 0 Å². The van der Waals surface area contributed by atoms with Crippen molar-refractivity contribution >= 4 is 6.03 Å². The molecule has 0 saturated carbocycles. The Morgan fingerprint density at radius 2 is 1.72 bits per heavy atom. The van der Waals surface area contributed by atoms with Crippen LogP contribution in [0, 0.1) is 5.41 Å². The topological polar surface area (TPSA) is 61.4 Å². The highest BCUT2D eigenvalue weighted by Crippen LogP contribution is 2.20. The largest absolute Gasteiger partial charge is 0.396 e. The minimum absolute atomic E-state index is 0.0560. The van der Waals surface area contributed by atoms with Crippen molar-refractivity contribution in [2.45, 2.75) is 65.8 Å². The summed E-state index contributed by atoms with van der Waals surface area (Å²) in [4.78, 5) is 11.7. The van der Waals surface area contributed by atoms with E-state index >= 15 is 0 Å². The fourth-order valence-electron chi connectivity index (χ4n) is 1.59. The van der Waals surface area contributed by atoms with Crippen molar-refractivity contribution in [1.82, 2.24) is 10.6 Å². The van der Waals surface area contributed by atoms with Crippen LogP contribution < -0.4 is 10.6 Å². The average Bonchev–Trinajstić information content (AvgIpc) is 2.34. The van der Waals surface area contributed by atoms with Crippen LogP contribution in [0.1, 0.15) is 60.3 Å². The van der Waals surface area contributed by atoms with Crippen LogP contribution in [0.5, 0.6) is 0 Å². The van der Waals surface area contributed by atoms with Gasteiger partial charge in [-0.25, -0.2) is 4.79 Å². The lowest BCUT2D eigenvalue weighted by Crippen LogP contribution is -2.49. The van der Waals surface area contributed by atoms with Crippen molar-refractivity contribution in [2.75, 3.05) is 13.2 Å². The van der Waals surface area contributed by atoms with E-state index < -0.39 is 0 Å². The van der Waals surface area contributed by atoms with Gasteiger partial charge in [0.05, 0.1) is 0 Å². The Bertz CT molecular complexity index is 248. The summed E-state index contributed by atoms with van der Waals surface area (Å²) in [7, 11) is 0. The number of aliphatic hydroxyl groups is 1. The molecule has 0 aromatic carbocycles. The quantitative estimate of drug-likeness (QED) is 0.586. The maximum atomic E-state index is 11.7. The van der Waals surface area contributed by atoms with E-state index in [9.17, 15) is 4.79 Å². The molecule has 0 heterocycles. The summed E-state index contributed by atoms with van der Waals surface area (Å²) >= 11 is 0. The summed E-state index contributed by atoms with van der Waals surface area (Å²) in [6, 6.07) is -0.0944. The Morgan fingerprint density at radius 1 is 1.17 bits per heavy atom. The molecule has 108 valence electrons. The number of nitrogens with one attached hydrogen (secondary N) is 2. The van der Waals surface area contributed by atoms with Crippen LogP contribution in [-0.4, -0.2) is 29.8 Å². The molecule has 0 saturated heterocycles. The van der Waals surface area contributed by atoms with Gasteiger partial charge in [0.25, 0.3) is 0 Å². The van der Waals surface area contributed by atoms with Crippen LogP contribution in [-0.2, 0) is 0 Å². The first kappa shape index (κ1) is 17.2. The fraction of sp³-hybridized carbons (Fsp3) is 0.929. The Hall–Kier alpha value is -0.770. The Balaban J connectivity index is 3.85. The van der Waals surface area contributed by atoms with Crippen LogP contribution in [0.25, 0.3) is 0 Å². The lowest BCUT2D eigenvalue weighted by Gasteiger charge is -2.28. The van der Waals surface area contributed by atoms with Gasteiger partial charge in [-0.2, -0.15) is 0 Å².